The van der Waals surface area contributed by atoms with Gasteiger partial charge >= 0.3 is 0 Å². The highest BCUT2D eigenvalue weighted by atomic mass is 79.9. The van der Waals surface area contributed by atoms with Crippen molar-refractivity contribution in [1.82, 2.24) is 5.32 Å². The van der Waals surface area contributed by atoms with Crippen molar-refractivity contribution < 1.29 is 5.21 Å². The van der Waals surface area contributed by atoms with Crippen LogP contribution in [-0.2, 0) is 0 Å². The van der Waals surface area contributed by atoms with Crippen LogP contribution in [0.5, 0.6) is 0 Å². The lowest BCUT2D eigenvalue weighted by Crippen LogP contribution is -2.27. The number of oxime groups is 1. The van der Waals surface area contributed by atoms with E-state index >= 15 is 0 Å². The van der Waals surface area contributed by atoms with Crippen LogP contribution in [0, 0.1) is 11.3 Å². The number of nitrogens with zero attached hydrogens (tertiary/aromatic N) is 2. The molecule has 0 aliphatic carbocycles. The maximum atomic E-state index is 8.81. The molecule has 0 spiro atoms. The van der Waals surface area contributed by atoms with Crippen LogP contribution >= 0.6 is 15.9 Å². The molecule has 0 amide bonds. The van der Waals surface area contributed by atoms with Crippen molar-refractivity contribution in [2.75, 3.05) is 6.54 Å². The molecule has 2 N–H and O–H groups in total. The van der Waals surface area contributed by atoms with Crippen LogP contribution in [-0.4, -0.2) is 17.5 Å². The maximum absolute atomic E-state index is 8.81. The first-order chi connectivity index (χ1) is 7.70. The van der Waals surface area contributed by atoms with E-state index in [0.29, 0.717) is 5.71 Å². The van der Waals surface area contributed by atoms with E-state index in [0.717, 1.165) is 10.0 Å². The zero-order valence-corrected chi connectivity index (χ0v) is 10.4. The Morgan fingerprint density at radius 1 is 1.62 bits per heavy atom. The van der Waals surface area contributed by atoms with Crippen molar-refractivity contribution in [2.24, 2.45) is 5.16 Å². The molecule has 84 valence electrons. The molecule has 1 rings (SSSR count). The lowest BCUT2D eigenvalue weighted by Gasteiger charge is -2.17. The van der Waals surface area contributed by atoms with E-state index in [-0.39, 0.29) is 12.6 Å². The summed E-state index contributed by atoms with van der Waals surface area (Å²) in [4.78, 5) is 0. The average molecular weight is 282 g/mol. The maximum Gasteiger partial charge on any atom is 0.0848 e. The van der Waals surface area contributed by atoms with Gasteiger partial charge in [0.05, 0.1) is 24.4 Å². The van der Waals surface area contributed by atoms with Gasteiger partial charge in [0.25, 0.3) is 0 Å². The minimum Gasteiger partial charge on any atom is -0.411 e. The molecule has 1 aromatic rings. The topological polar surface area (TPSA) is 68.4 Å². The van der Waals surface area contributed by atoms with Crippen molar-refractivity contribution in [3.63, 3.8) is 0 Å². The summed E-state index contributed by atoms with van der Waals surface area (Å²) in [6.45, 7) is 1.90. The minimum atomic E-state index is -0.264. The van der Waals surface area contributed by atoms with E-state index in [9.17, 15) is 0 Å². The standard InChI is InChI=1S/C11H12BrN3O/c1-8(15-16)11(14-7-6-13)9-4-2-3-5-10(9)12/h2-5,11,14,16H,7H2,1H3/b15-8+. The van der Waals surface area contributed by atoms with E-state index in [1.54, 1.807) is 6.92 Å². The van der Waals surface area contributed by atoms with Crippen molar-refractivity contribution in [2.45, 2.75) is 13.0 Å². The zero-order valence-electron chi connectivity index (χ0n) is 8.81. The SMILES string of the molecule is C/C(=N\O)C(NCC#N)c1ccccc1Br. The normalized spacial score (nSPS) is 13.2. The van der Waals surface area contributed by atoms with Gasteiger partial charge in [0.2, 0.25) is 0 Å². The summed E-state index contributed by atoms with van der Waals surface area (Å²) in [5.74, 6) is 0. The van der Waals surface area contributed by atoms with E-state index in [1.165, 1.54) is 0 Å². The molecular weight excluding hydrogens is 270 g/mol. The fourth-order valence-electron chi connectivity index (χ4n) is 1.40. The Kier molecular flexibility index (Phi) is 4.96. The lowest BCUT2D eigenvalue weighted by molar-refractivity contribution is 0.315. The summed E-state index contributed by atoms with van der Waals surface area (Å²) in [5, 5.41) is 23.5. The van der Waals surface area contributed by atoms with E-state index in [1.807, 2.05) is 30.3 Å². The lowest BCUT2D eigenvalue weighted by atomic mass is 10.0. The molecule has 0 aliphatic rings. The summed E-state index contributed by atoms with van der Waals surface area (Å²) < 4.78 is 0.911. The summed E-state index contributed by atoms with van der Waals surface area (Å²) in [6, 6.07) is 9.35. The first kappa shape index (κ1) is 12.7. The Morgan fingerprint density at radius 3 is 2.88 bits per heavy atom. The first-order valence-electron chi connectivity index (χ1n) is 4.74. The second-order valence-electron chi connectivity index (χ2n) is 3.23. The summed E-state index contributed by atoms with van der Waals surface area (Å²) >= 11 is 3.43. The molecule has 0 aromatic heterocycles. The molecular formula is C11H12BrN3O. The Morgan fingerprint density at radius 2 is 2.31 bits per heavy atom. The molecule has 0 aliphatic heterocycles. The molecule has 1 aromatic carbocycles. The predicted octanol–water partition coefficient (Wildman–Crippen LogP) is 2.45. The molecule has 0 fully saturated rings. The number of halogens is 1. The van der Waals surface area contributed by atoms with Crippen LogP contribution in [0.4, 0.5) is 0 Å². The van der Waals surface area contributed by atoms with Gasteiger partial charge in [-0.3, -0.25) is 5.32 Å². The molecule has 1 unspecified atom stereocenters. The van der Waals surface area contributed by atoms with Crippen LogP contribution < -0.4 is 5.32 Å². The molecule has 0 bridgehead atoms. The molecule has 4 nitrogen and oxygen atoms in total. The van der Waals surface area contributed by atoms with Gasteiger partial charge in [0, 0.05) is 4.47 Å². The van der Waals surface area contributed by atoms with Crippen LogP contribution in [0.3, 0.4) is 0 Å². The molecule has 0 heterocycles. The smallest absolute Gasteiger partial charge is 0.0848 e. The molecule has 5 heteroatoms. The fourth-order valence-corrected chi connectivity index (χ4v) is 1.91. The van der Waals surface area contributed by atoms with Gasteiger partial charge in [0.1, 0.15) is 0 Å². The Balaban J connectivity index is 3.02. The summed E-state index contributed by atoms with van der Waals surface area (Å²) in [7, 11) is 0. The van der Waals surface area contributed by atoms with Crippen LogP contribution in [0.2, 0.25) is 0 Å². The minimum absolute atomic E-state index is 0.193. The largest absolute Gasteiger partial charge is 0.411 e. The third-order valence-electron chi connectivity index (χ3n) is 2.18. The van der Waals surface area contributed by atoms with Crippen LogP contribution in [0.25, 0.3) is 0 Å². The summed E-state index contributed by atoms with van der Waals surface area (Å²) in [6.07, 6.45) is 0. The van der Waals surface area contributed by atoms with Gasteiger partial charge in [-0.15, -0.1) is 0 Å². The second kappa shape index (κ2) is 6.26. The number of hydrogen-bond donors (Lipinski definition) is 2. The second-order valence-corrected chi connectivity index (χ2v) is 4.09. The number of hydrogen-bond acceptors (Lipinski definition) is 4. The van der Waals surface area contributed by atoms with Gasteiger partial charge in [-0.05, 0) is 18.6 Å². The average Bonchev–Trinajstić information content (AvgIpc) is 2.31. The van der Waals surface area contributed by atoms with Crippen molar-refractivity contribution in [1.29, 1.82) is 5.26 Å². The number of nitrogens with one attached hydrogen (secondary N) is 1. The quantitative estimate of drug-likeness (QED) is 0.386. The number of nitriles is 1. The van der Waals surface area contributed by atoms with Crippen LogP contribution in [0.15, 0.2) is 33.9 Å². The Bertz CT molecular complexity index is 425. The highest BCUT2D eigenvalue weighted by Crippen LogP contribution is 2.24. The number of benzene rings is 1. The molecule has 0 saturated heterocycles. The molecule has 0 radical (unpaired) electrons. The monoisotopic (exact) mass is 281 g/mol. The third kappa shape index (κ3) is 3.05. The first-order valence-corrected chi connectivity index (χ1v) is 5.53. The third-order valence-corrected chi connectivity index (χ3v) is 2.90. The van der Waals surface area contributed by atoms with Crippen LogP contribution in [0.1, 0.15) is 18.5 Å². The van der Waals surface area contributed by atoms with E-state index in [4.69, 9.17) is 10.5 Å². The molecule has 1 atom stereocenters. The van der Waals surface area contributed by atoms with E-state index < -0.39 is 0 Å². The molecule has 16 heavy (non-hydrogen) atoms. The van der Waals surface area contributed by atoms with Gasteiger partial charge in [-0.1, -0.05) is 39.3 Å². The van der Waals surface area contributed by atoms with Gasteiger partial charge < -0.3 is 5.21 Å². The van der Waals surface area contributed by atoms with Gasteiger partial charge in [-0.2, -0.15) is 5.26 Å². The van der Waals surface area contributed by atoms with E-state index in [2.05, 4.69) is 26.4 Å². The highest BCUT2D eigenvalue weighted by molar-refractivity contribution is 9.10. The van der Waals surface area contributed by atoms with Crippen molar-refractivity contribution in [3.05, 3.63) is 34.3 Å². The fraction of sp³-hybridized carbons (Fsp3) is 0.273. The highest BCUT2D eigenvalue weighted by Gasteiger charge is 2.16. The summed E-state index contributed by atoms with van der Waals surface area (Å²) in [5.41, 5.74) is 1.45. The van der Waals surface area contributed by atoms with Crippen molar-refractivity contribution >= 4 is 21.6 Å². The zero-order chi connectivity index (χ0) is 12.0. The number of rotatable bonds is 4. The predicted molar refractivity (Wildman–Crippen MR) is 65.4 cm³/mol. The molecule has 0 saturated carbocycles. The van der Waals surface area contributed by atoms with Crippen molar-refractivity contribution in [3.8, 4) is 6.07 Å². The Labute approximate surface area is 103 Å². The Hall–Kier alpha value is -1.38. The van der Waals surface area contributed by atoms with Gasteiger partial charge in [-0.25, -0.2) is 0 Å². The van der Waals surface area contributed by atoms with Gasteiger partial charge in [0.15, 0.2) is 0 Å².